The molecule has 0 amide bonds. The molecule has 0 aliphatic heterocycles. The molecule has 0 spiro atoms. The summed E-state index contributed by atoms with van der Waals surface area (Å²) >= 11 is 0. The zero-order chi connectivity index (χ0) is 20.4. The molecular formula is C24H19NO4. The molecule has 0 saturated carbocycles. The van der Waals surface area contributed by atoms with Crippen LogP contribution in [0, 0.1) is 0 Å². The van der Waals surface area contributed by atoms with E-state index in [2.05, 4.69) is 18.2 Å². The number of carbonyl (C=O) groups is 2. The molecule has 0 fully saturated rings. The van der Waals surface area contributed by atoms with Crippen LogP contribution in [0.3, 0.4) is 0 Å². The molecule has 6 rings (SSSR count). The number of benzene rings is 3. The third-order valence-corrected chi connectivity index (χ3v) is 6.12. The van der Waals surface area contributed by atoms with Gasteiger partial charge >= 0.3 is 11.9 Å². The van der Waals surface area contributed by atoms with Gasteiger partial charge in [0.2, 0.25) is 0 Å². The van der Waals surface area contributed by atoms with Gasteiger partial charge in [-0.05, 0) is 69.8 Å². The van der Waals surface area contributed by atoms with Crippen molar-refractivity contribution in [1.82, 2.24) is 0 Å². The lowest BCUT2D eigenvalue weighted by atomic mass is 9.60. The van der Waals surface area contributed by atoms with Crippen LogP contribution in [0.4, 0.5) is 5.69 Å². The highest BCUT2D eigenvalue weighted by molar-refractivity contribution is 5.90. The van der Waals surface area contributed by atoms with Crippen LogP contribution in [0.1, 0.15) is 65.9 Å². The second-order valence-corrected chi connectivity index (χ2v) is 7.87. The van der Waals surface area contributed by atoms with Gasteiger partial charge in [-0.3, -0.25) is 0 Å². The van der Waals surface area contributed by atoms with Gasteiger partial charge in [-0.15, -0.1) is 0 Å². The van der Waals surface area contributed by atoms with Crippen molar-refractivity contribution in [3.8, 4) is 0 Å². The Morgan fingerprint density at radius 3 is 1.52 bits per heavy atom. The average molecular weight is 385 g/mol. The SMILES string of the molecule is CN(C)c1ccc2c(c1)[C@@H]1c3ccc(C(=O)O)cc3[C@H]2c2ccc(C(=O)O)cc21. The monoisotopic (exact) mass is 385 g/mol. The van der Waals surface area contributed by atoms with Gasteiger partial charge in [-0.2, -0.15) is 0 Å². The van der Waals surface area contributed by atoms with E-state index < -0.39 is 11.9 Å². The molecule has 3 aliphatic rings. The summed E-state index contributed by atoms with van der Waals surface area (Å²) in [5, 5.41) is 19.0. The van der Waals surface area contributed by atoms with Gasteiger partial charge in [0.05, 0.1) is 11.1 Å². The molecule has 144 valence electrons. The van der Waals surface area contributed by atoms with Crippen molar-refractivity contribution in [2.24, 2.45) is 0 Å². The minimum Gasteiger partial charge on any atom is -0.478 e. The number of anilines is 1. The molecule has 0 unspecified atom stereocenters. The topological polar surface area (TPSA) is 77.8 Å². The molecule has 5 nitrogen and oxygen atoms in total. The lowest BCUT2D eigenvalue weighted by Crippen LogP contribution is -2.28. The van der Waals surface area contributed by atoms with Crippen molar-refractivity contribution in [3.05, 3.63) is 99.1 Å². The van der Waals surface area contributed by atoms with Crippen LogP contribution in [-0.4, -0.2) is 36.2 Å². The van der Waals surface area contributed by atoms with Gasteiger partial charge in [0.15, 0.2) is 0 Å². The molecule has 29 heavy (non-hydrogen) atoms. The minimum absolute atomic E-state index is 0.0987. The van der Waals surface area contributed by atoms with Crippen molar-refractivity contribution >= 4 is 17.6 Å². The first-order valence-electron chi connectivity index (χ1n) is 9.42. The Morgan fingerprint density at radius 2 is 1.07 bits per heavy atom. The highest BCUT2D eigenvalue weighted by Gasteiger charge is 2.42. The summed E-state index contributed by atoms with van der Waals surface area (Å²) < 4.78 is 0. The summed E-state index contributed by atoms with van der Waals surface area (Å²) in [6.45, 7) is 0. The van der Waals surface area contributed by atoms with Crippen molar-refractivity contribution in [3.63, 3.8) is 0 Å². The average Bonchev–Trinajstić information content (AvgIpc) is 2.71. The van der Waals surface area contributed by atoms with E-state index in [0.29, 0.717) is 0 Å². The summed E-state index contributed by atoms with van der Waals surface area (Å²) in [7, 11) is 3.98. The number of hydrogen-bond acceptors (Lipinski definition) is 3. The number of aromatic carboxylic acids is 2. The Labute approximate surface area is 167 Å². The molecule has 0 saturated heterocycles. The molecule has 0 aromatic heterocycles. The Morgan fingerprint density at radius 1 is 0.655 bits per heavy atom. The molecule has 5 heteroatoms. The first-order chi connectivity index (χ1) is 13.9. The van der Waals surface area contributed by atoms with E-state index in [9.17, 15) is 19.8 Å². The highest BCUT2D eigenvalue weighted by atomic mass is 16.4. The van der Waals surface area contributed by atoms with Crippen LogP contribution < -0.4 is 4.90 Å². The Kier molecular flexibility index (Phi) is 3.59. The van der Waals surface area contributed by atoms with Crippen molar-refractivity contribution in [2.75, 3.05) is 19.0 Å². The van der Waals surface area contributed by atoms with E-state index in [4.69, 9.17) is 0 Å². The summed E-state index contributed by atoms with van der Waals surface area (Å²) in [4.78, 5) is 25.2. The lowest BCUT2D eigenvalue weighted by Gasteiger charge is -2.42. The summed E-state index contributed by atoms with van der Waals surface area (Å²) in [5.41, 5.74) is 8.04. The normalized spacial score (nSPS) is 17.9. The molecule has 0 heterocycles. The molecule has 3 aromatic rings. The van der Waals surface area contributed by atoms with Gasteiger partial charge in [0.1, 0.15) is 0 Å². The maximum atomic E-state index is 11.6. The smallest absolute Gasteiger partial charge is 0.335 e. The number of rotatable bonds is 3. The van der Waals surface area contributed by atoms with E-state index in [-0.39, 0.29) is 23.0 Å². The maximum Gasteiger partial charge on any atom is 0.335 e. The van der Waals surface area contributed by atoms with E-state index >= 15 is 0 Å². The Hall–Kier alpha value is -3.60. The van der Waals surface area contributed by atoms with Crippen LogP contribution >= 0.6 is 0 Å². The van der Waals surface area contributed by atoms with Gasteiger partial charge in [0.25, 0.3) is 0 Å². The second-order valence-electron chi connectivity index (χ2n) is 7.87. The molecule has 2 N–H and O–H groups in total. The standard InChI is InChI=1S/C24H19NO4/c1-25(2)14-5-8-17-20(11-14)22-16-7-4-12(23(26)27)9-18(16)21(17)15-6-3-13(24(28)29)10-19(15)22/h3-11,21-22H,1-2H3,(H,26,27)(H,28,29)/t21-,22+/m0/s1. The van der Waals surface area contributed by atoms with Crippen molar-refractivity contribution in [2.45, 2.75) is 11.8 Å². The second kappa shape index (κ2) is 5.95. The molecule has 3 aromatic carbocycles. The fraction of sp³-hybridized carbons (Fsp3) is 0.167. The maximum absolute atomic E-state index is 11.6. The first kappa shape index (κ1) is 17.5. The molecule has 0 radical (unpaired) electrons. The van der Waals surface area contributed by atoms with Crippen LogP contribution in [0.2, 0.25) is 0 Å². The molecular weight excluding hydrogens is 366 g/mol. The third kappa shape index (κ3) is 2.40. The first-order valence-corrected chi connectivity index (χ1v) is 9.42. The zero-order valence-electron chi connectivity index (χ0n) is 16.0. The van der Waals surface area contributed by atoms with E-state index in [1.165, 1.54) is 0 Å². The predicted octanol–water partition coefficient (Wildman–Crippen LogP) is 4.14. The molecule has 3 aliphatic carbocycles. The number of hydrogen-bond donors (Lipinski definition) is 2. The van der Waals surface area contributed by atoms with Crippen LogP contribution in [0.5, 0.6) is 0 Å². The Bertz CT molecular complexity index is 1210. The largest absolute Gasteiger partial charge is 0.478 e. The van der Waals surface area contributed by atoms with Gasteiger partial charge in [-0.25, -0.2) is 9.59 Å². The summed E-state index contributed by atoms with van der Waals surface area (Å²) in [6, 6.07) is 16.9. The van der Waals surface area contributed by atoms with E-state index in [0.717, 1.165) is 39.1 Å². The minimum atomic E-state index is -0.946. The number of carboxylic acids is 2. The molecule has 2 atom stereocenters. The van der Waals surface area contributed by atoms with E-state index in [1.807, 2.05) is 31.1 Å². The van der Waals surface area contributed by atoms with Gasteiger partial charge in [0, 0.05) is 31.6 Å². The summed E-state index contributed by atoms with van der Waals surface area (Å²) in [5.74, 6) is -2.10. The fourth-order valence-electron chi connectivity index (χ4n) is 4.80. The van der Waals surface area contributed by atoms with Crippen LogP contribution in [0.15, 0.2) is 54.6 Å². The van der Waals surface area contributed by atoms with Crippen molar-refractivity contribution < 1.29 is 19.8 Å². The highest BCUT2D eigenvalue weighted by Crippen LogP contribution is 2.56. The Balaban J connectivity index is 1.81. The summed E-state index contributed by atoms with van der Waals surface area (Å²) in [6.07, 6.45) is 0. The van der Waals surface area contributed by atoms with E-state index in [1.54, 1.807) is 24.3 Å². The van der Waals surface area contributed by atoms with Crippen molar-refractivity contribution in [1.29, 1.82) is 0 Å². The van der Waals surface area contributed by atoms with Gasteiger partial charge < -0.3 is 15.1 Å². The van der Waals surface area contributed by atoms with Crippen LogP contribution in [-0.2, 0) is 0 Å². The van der Waals surface area contributed by atoms with Crippen LogP contribution in [0.25, 0.3) is 0 Å². The quantitative estimate of drug-likeness (QED) is 0.488. The van der Waals surface area contributed by atoms with Gasteiger partial charge in [-0.1, -0.05) is 18.2 Å². The zero-order valence-corrected chi connectivity index (χ0v) is 16.0. The lowest BCUT2D eigenvalue weighted by molar-refractivity contribution is 0.0685. The number of nitrogens with zero attached hydrogens (tertiary/aromatic N) is 1. The molecule has 2 bridgehead atoms. The third-order valence-electron chi connectivity index (χ3n) is 6.12. The number of carboxylic acid groups (broad SMARTS) is 2. The predicted molar refractivity (Wildman–Crippen MR) is 109 cm³/mol. The fourth-order valence-corrected chi connectivity index (χ4v) is 4.80.